The van der Waals surface area contributed by atoms with Gasteiger partial charge in [0.25, 0.3) is 5.91 Å². The SMILES string of the molecule is CNC(=O)c1nn(COCC[Si](C)(C)C)c2cc(-c3cc(F)c(OCOCC[Si](C)(C)C)cc3CC(F)(F)F)nc(NCc3ccccc3N(C)S(=O)(=O)CCOC)c12. The molecule has 59 heavy (non-hydrogen) atoms. The van der Waals surface area contributed by atoms with Crippen molar-refractivity contribution in [3.8, 4) is 17.0 Å². The normalized spacial score (nSPS) is 12.6. The van der Waals surface area contributed by atoms with E-state index in [1.807, 2.05) is 0 Å². The summed E-state index contributed by atoms with van der Waals surface area (Å²) in [5, 5.41) is 10.5. The number of alkyl halides is 3. The molecule has 0 aliphatic heterocycles. The molecule has 0 fully saturated rings. The van der Waals surface area contributed by atoms with Crippen molar-refractivity contribution in [2.75, 3.05) is 63.2 Å². The highest BCUT2D eigenvalue weighted by Crippen LogP contribution is 2.37. The number of methoxy groups -OCH3 is 1. The molecular formula is C39H56F4N6O7SSi2. The summed E-state index contributed by atoms with van der Waals surface area (Å²) < 4.78 is 109. The van der Waals surface area contributed by atoms with Crippen LogP contribution in [0.15, 0.2) is 42.5 Å². The number of sulfonamides is 1. The summed E-state index contributed by atoms with van der Waals surface area (Å²) in [6.45, 7) is 13.3. The number of fused-ring (bicyclic) bond motifs is 1. The Morgan fingerprint density at radius 2 is 1.61 bits per heavy atom. The number of amides is 1. The van der Waals surface area contributed by atoms with Crippen molar-refractivity contribution < 1.29 is 49.7 Å². The van der Waals surface area contributed by atoms with Crippen molar-refractivity contribution in [1.29, 1.82) is 0 Å². The van der Waals surface area contributed by atoms with Crippen molar-refractivity contribution in [3.63, 3.8) is 0 Å². The fourth-order valence-electron chi connectivity index (χ4n) is 5.84. The average Bonchev–Trinajstić information content (AvgIpc) is 3.52. The topological polar surface area (TPSA) is 146 Å². The molecule has 0 aliphatic carbocycles. The number of anilines is 2. The number of hydrogen-bond acceptors (Lipinski definition) is 10. The number of para-hydroxylation sites is 1. The molecule has 326 valence electrons. The number of carbonyl (C=O) groups is 1. The van der Waals surface area contributed by atoms with Crippen molar-refractivity contribution in [1.82, 2.24) is 20.1 Å². The summed E-state index contributed by atoms with van der Waals surface area (Å²) in [6.07, 6.45) is -6.13. The zero-order valence-corrected chi connectivity index (χ0v) is 38.0. The Bertz CT molecular complexity index is 2180. The third kappa shape index (κ3) is 13.7. The Labute approximate surface area is 345 Å². The second kappa shape index (κ2) is 20.0. The summed E-state index contributed by atoms with van der Waals surface area (Å²) in [5.74, 6) is -2.16. The van der Waals surface area contributed by atoms with Gasteiger partial charge in [0.1, 0.15) is 12.5 Å². The van der Waals surface area contributed by atoms with E-state index in [9.17, 15) is 26.4 Å². The van der Waals surface area contributed by atoms with Crippen molar-refractivity contribution >= 4 is 54.5 Å². The Morgan fingerprint density at radius 1 is 0.949 bits per heavy atom. The van der Waals surface area contributed by atoms with Crippen molar-refractivity contribution in [2.45, 2.75) is 77.2 Å². The minimum atomic E-state index is -4.69. The molecule has 2 heterocycles. The minimum Gasteiger partial charge on any atom is -0.464 e. The molecule has 1 amide bonds. The summed E-state index contributed by atoms with van der Waals surface area (Å²) >= 11 is 0. The lowest BCUT2D eigenvalue weighted by Gasteiger charge is -2.22. The third-order valence-corrected chi connectivity index (χ3v) is 14.4. The molecule has 0 saturated carbocycles. The zero-order chi connectivity index (χ0) is 43.8. The van der Waals surface area contributed by atoms with Gasteiger partial charge in [0, 0.05) is 62.7 Å². The minimum absolute atomic E-state index is 0.0214. The number of carbonyl (C=O) groups excluding carboxylic acids is 1. The highest BCUT2D eigenvalue weighted by Gasteiger charge is 2.32. The number of ether oxygens (including phenoxy) is 4. The van der Waals surface area contributed by atoms with Crippen LogP contribution in [0, 0.1) is 5.82 Å². The van der Waals surface area contributed by atoms with Gasteiger partial charge in [-0.15, -0.1) is 0 Å². The van der Waals surface area contributed by atoms with E-state index in [0.29, 0.717) is 24.5 Å². The van der Waals surface area contributed by atoms with Gasteiger partial charge < -0.3 is 29.6 Å². The summed E-state index contributed by atoms with van der Waals surface area (Å²) in [5.41, 5.74) is 0.529. The maximum Gasteiger partial charge on any atom is 0.393 e. The molecule has 2 aromatic heterocycles. The monoisotopic (exact) mass is 884 g/mol. The van der Waals surface area contributed by atoms with E-state index < -0.39 is 56.2 Å². The van der Waals surface area contributed by atoms with E-state index in [4.69, 9.17) is 23.9 Å². The van der Waals surface area contributed by atoms with Crippen LogP contribution in [0.1, 0.15) is 21.6 Å². The molecule has 2 N–H and O–H groups in total. The molecule has 0 bridgehead atoms. The maximum atomic E-state index is 15.8. The van der Waals surface area contributed by atoms with Crippen LogP contribution >= 0.6 is 0 Å². The van der Waals surface area contributed by atoms with Crippen LogP contribution in [-0.2, 0) is 43.9 Å². The molecule has 2 aromatic carbocycles. The smallest absolute Gasteiger partial charge is 0.393 e. The van der Waals surface area contributed by atoms with Crippen LogP contribution in [-0.4, -0.2) is 105 Å². The molecule has 0 atom stereocenters. The number of benzene rings is 2. The fraction of sp³-hybridized carbons (Fsp3) is 0.513. The number of aromatic nitrogens is 3. The second-order valence-electron chi connectivity index (χ2n) is 16.5. The van der Waals surface area contributed by atoms with Gasteiger partial charge in [-0.25, -0.2) is 22.5 Å². The second-order valence-corrected chi connectivity index (χ2v) is 29.9. The highest BCUT2D eigenvalue weighted by molar-refractivity contribution is 7.92. The fourth-order valence-corrected chi connectivity index (χ4v) is 8.48. The van der Waals surface area contributed by atoms with Crippen LogP contribution in [0.5, 0.6) is 5.75 Å². The largest absolute Gasteiger partial charge is 0.464 e. The number of nitrogens with one attached hydrogen (secondary N) is 2. The number of hydrogen-bond donors (Lipinski definition) is 2. The first-order valence-corrected chi connectivity index (χ1v) is 28.1. The van der Waals surface area contributed by atoms with Gasteiger partial charge in [0.15, 0.2) is 24.1 Å². The lowest BCUT2D eigenvalue weighted by Crippen LogP contribution is -2.31. The Hall–Kier alpha value is -4.09. The van der Waals surface area contributed by atoms with E-state index >= 15 is 4.39 Å². The maximum absolute atomic E-state index is 15.8. The van der Waals surface area contributed by atoms with E-state index in [1.54, 1.807) is 24.3 Å². The van der Waals surface area contributed by atoms with Crippen molar-refractivity contribution in [3.05, 3.63) is 65.1 Å². The predicted molar refractivity (Wildman–Crippen MR) is 228 cm³/mol. The molecule has 20 heteroatoms. The molecule has 0 spiro atoms. The van der Waals surface area contributed by atoms with Crippen molar-refractivity contribution in [2.24, 2.45) is 0 Å². The number of nitrogens with zero attached hydrogens (tertiary/aromatic N) is 4. The third-order valence-electron chi connectivity index (χ3n) is 9.24. The van der Waals surface area contributed by atoms with Gasteiger partial charge in [-0.1, -0.05) is 57.5 Å². The predicted octanol–water partition coefficient (Wildman–Crippen LogP) is 7.73. The molecule has 13 nitrogen and oxygen atoms in total. The quantitative estimate of drug-likeness (QED) is 0.0348. The molecule has 0 saturated heterocycles. The number of rotatable bonds is 22. The summed E-state index contributed by atoms with van der Waals surface area (Å²) in [4.78, 5) is 18.1. The Kier molecular flexibility index (Phi) is 16.1. The molecule has 0 radical (unpaired) electrons. The zero-order valence-electron chi connectivity index (χ0n) is 35.2. The van der Waals surface area contributed by atoms with Gasteiger partial charge in [0.2, 0.25) is 10.0 Å². The average molecular weight is 885 g/mol. The molecule has 0 unspecified atom stereocenters. The highest BCUT2D eigenvalue weighted by atomic mass is 32.2. The first-order chi connectivity index (χ1) is 27.5. The lowest BCUT2D eigenvalue weighted by atomic mass is 9.99. The molecule has 0 aliphatic rings. The molecule has 4 aromatic rings. The van der Waals surface area contributed by atoms with E-state index in [-0.39, 0.29) is 71.7 Å². The first-order valence-electron chi connectivity index (χ1n) is 19.1. The molecular weight excluding hydrogens is 829 g/mol. The summed E-state index contributed by atoms with van der Waals surface area (Å²) in [6, 6.07) is 11.8. The van der Waals surface area contributed by atoms with Crippen LogP contribution in [0.2, 0.25) is 51.4 Å². The van der Waals surface area contributed by atoms with E-state index in [2.05, 4.69) is 55.0 Å². The van der Waals surface area contributed by atoms with Crippen LogP contribution in [0.3, 0.4) is 0 Å². The number of halogens is 4. The Morgan fingerprint density at radius 3 is 2.24 bits per heavy atom. The van der Waals surface area contributed by atoms with Gasteiger partial charge in [-0.2, -0.15) is 18.3 Å². The van der Waals surface area contributed by atoms with Gasteiger partial charge in [0.05, 0.1) is 41.1 Å². The van der Waals surface area contributed by atoms with Gasteiger partial charge in [-0.3, -0.25) is 9.10 Å². The standard InChI is InChI=1S/C39H56F4N6O7SSi2/c1-44-38(50)36-35-33(49(47-36)25-54-15-18-58(4,5)6)22-31(46-37(35)45-24-27-12-10-11-13-32(27)48(2)57(51,52)17-14-53-3)29-21-30(40)34(20-28(29)23-39(41,42)43)56-26-55-16-19-59(7,8)9/h10-13,20-22H,14-19,23-26H2,1-9H3,(H,44,50)(H,45,46). The van der Waals surface area contributed by atoms with Gasteiger partial charge >= 0.3 is 6.18 Å². The number of pyridine rings is 1. The van der Waals surface area contributed by atoms with E-state index in [0.717, 1.165) is 28.5 Å². The van der Waals surface area contributed by atoms with E-state index in [1.165, 1.54) is 32.0 Å². The molecule has 4 rings (SSSR count). The first kappa shape index (κ1) is 47.6. The van der Waals surface area contributed by atoms with Crippen LogP contribution in [0.4, 0.5) is 29.1 Å². The lowest BCUT2D eigenvalue weighted by molar-refractivity contribution is -0.127. The van der Waals surface area contributed by atoms with Crippen LogP contribution in [0.25, 0.3) is 22.2 Å². The summed E-state index contributed by atoms with van der Waals surface area (Å²) in [7, 11) is -2.48. The van der Waals surface area contributed by atoms with Gasteiger partial charge in [-0.05, 0) is 47.5 Å². The Balaban J connectivity index is 1.88. The van der Waals surface area contributed by atoms with Crippen LogP contribution < -0.4 is 19.7 Å².